The summed E-state index contributed by atoms with van der Waals surface area (Å²) in [6.07, 6.45) is 5.26. The van der Waals surface area contributed by atoms with Crippen LogP contribution in [-0.4, -0.2) is 76.2 Å². The Morgan fingerprint density at radius 1 is 1.27 bits per heavy atom. The molecule has 7 nitrogen and oxygen atoms in total. The van der Waals surface area contributed by atoms with Crippen LogP contribution in [0.25, 0.3) is 16.5 Å². The third-order valence-electron chi connectivity index (χ3n) is 5.99. The third kappa shape index (κ3) is 4.27. The lowest BCUT2D eigenvalue weighted by atomic mass is 9.79. The van der Waals surface area contributed by atoms with Gasteiger partial charge in [0.1, 0.15) is 0 Å². The van der Waals surface area contributed by atoms with Crippen molar-refractivity contribution in [2.45, 2.75) is 32.7 Å². The van der Waals surface area contributed by atoms with Gasteiger partial charge in [0.25, 0.3) is 0 Å². The largest absolute Gasteiger partial charge is 0.481 e. The zero-order valence-corrected chi connectivity index (χ0v) is 17.9. The van der Waals surface area contributed by atoms with Crippen LogP contribution in [0, 0.1) is 5.92 Å². The first kappa shape index (κ1) is 22.1. The lowest BCUT2D eigenvalue weighted by molar-refractivity contribution is -0.137. The van der Waals surface area contributed by atoms with Gasteiger partial charge in [-0.3, -0.25) is 14.5 Å². The number of aliphatic hydroxyl groups is 1. The molecule has 0 spiro atoms. The maximum atomic E-state index is 12.9. The zero-order chi connectivity index (χ0) is 21.8. The number of hydrogen-bond donors (Lipinski definition) is 3. The van der Waals surface area contributed by atoms with Crippen molar-refractivity contribution >= 4 is 28.4 Å². The van der Waals surface area contributed by atoms with Crippen LogP contribution in [0.2, 0.25) is 0 Å². The first-order valence-corrected chi connectivity index (χ1v) is 10.5. The number of carboxylic acids is 1. The molecule has 162 valence electrons. The number of carboxylic acid groups (broad SMARTS) is 1. The van der Waals surface area contributed by atoms with Crippen molar-refractivity contribution in [3.8, 4) is 0 Å². The van der Waals surface area contributed by atoms with E-state index in [1.165, 1.54) is 27.6 Å². The minimum atomic E-state index is -0.961. The summed E-state index contributed by atoms with van der Waals surface area (Å²) in [4.78, 5) is 30.0. The number of aliphatic carboxylic acids is 1. The van der Waals surface area contributed by atoms with Crippen molar-refractivity contribution in [1.82, 2.24) is 14.8 Å². The molecule has 3 N–H and O–H groups in total. The van der Waals surface area contributed by atoms with E-state index in [4.69, 9.17) is 10.2 Å². The molecular formula is C23H31N3O4. The van der Waals surface area contributed by atoms with Crippen molar-refractivity contribution in [2.75, 3.05) is 33.3 Å². The second-order valence-electron chi connectivity index (χ2n) is 7.81. The van der Waals surface area contributed by atoms with E-state index in [1.807, 2.05) is 4.90 Å². The first-order valence-electron chi connectivity index (χ1n) is 10.5. The second kappa shape index (κ2) is 9.45. The molecule has 0 fully saturated rings. The lowest BCUT2D eigenvalue weighted by Crippen LogP contribution is -2.47. The number of nitrogens with zero attached hydrogens (tertiary/aromatic N) is 2. The van der Waals surface area contributed by atoms with Crippen LogP contribution < -0.4 is 0 Å². The first-order chi connectivity index (χ1) is 14.4. The van der Waals surface area contributed by atoms with Crippen LogP contribution in [-0.2, 0) is 16.0 Å². The zero-order valence-electron chi connectivity index (χ0n) is 17.9. The summed E-state index contributed by atoms with van der Waals surface area (Å²) < 4.78 is 0. The highest BCUT2D eigenvalue weighted by Gasteiger charge is 2.36. The quantitative estimate of drug-likeness (QED) is 0.699. The van der Waals surface area contributed by atoms with Crippen LogP contribution in [0.3, 0.4) is 0 Å². The van der Waals surface area contributed by atoms with Crippen LogP contribution >= 0.6 is 0 Å². The summed E-state index contributed by atoms with van der Waals surface area (Å²) in [5, 5.41) is 16.9. The Bertz CT molecular complexity index is 945. The highest BCUT2D eigenvalue weighted by Crippen LogP contribution is 2.40. The predicted octanol–water partition coefficient (Wildman–Crippen LogP) is 2.36. The summed E-state index contributed by atoms with van der Waals surface area (Å²) in [6.45, 7) is 6.20. The molecule has 0 saturated heterocycles. The number of carbonyl (C=O) groups excluding carboxylic acids is 1. The highest BCUT2D eigenvalue weighted by atomic mass is 16.4. The van der Waals surface area contributed by atoms with Crippen LogP contribution in [0.4, 0.5) is 0 Å². The summed E-state index contributed by atoms with van der Waals surface area (Å²) in [7, 11) is 2.15. The molecule has 1 aliphatic carbocycles. The van der Waals surface area contributed by atoms with Gasteiger partial charge in [-0.1, -0.05) is 18.2 Å². The van der Waals surface area contributed by atoms with Gasteiger partial charge in [-0.05, 0) is 50.1 Å². The summed E-state index contributed by atoms with van der Waals surface area (Å²) >= 11 is 0. The normalized spacial score (nSPS) is 20.1. The van der Waals surface area contributed by atoms with E-state index in [-0.39, 0.29) is 24.9 Å². The minimum Gasteiger partial charge on any atom is -0.481 e. The SMILES string of the molecule is CCN(CC)C(=O)[C@@H]1C=C2c3cccc4[nH]cc(c34)C[C@H]2N(C)C1.O=C(O)CCO. The fourth-order valence-electron chi connectivity index (χ4n) is 4.47. The van der Waals surface area contributed by atoms with Crippen molar-refractivity contribution in [3.05, 3.63) is 41.6 Å². The Hall–Kier alpha value is -2.64. The fraction of sp³-hybridized carbons (Fsp3) is 0.478. The molecule has 1 aromatic heterocycles. The Morgan fingerprint density at radius 3 is 2.60 bits per heavy atom. The van der Waals surface area contributed by atoms with Crippen molar-refractivity contribution in [3.63, 3.8) is 0 Å². The molecule has 7 heteroatoms. The number of benzene rings is 1. The lowest BCUT2D eigenvalue weighted by Gasteiger charge is -2.40. The van der Waals surface area contributed by atoms with Gasteiger partial charge < -0.3 is 20.1 Å². The number of nitrogens with one attached hydrogen (secondary N) is 1. The molecule has 30 heavy (non-hydrogen) atoms. The number of aromatic nitrogens is 1. The van der Waals surface area contributed by atoms with Crippen molar-refractivity contribution in [1.29, 1.82) is 0 Å². The van der Waals surface area contributed by atoms with Gasteiger partial charge in [-0.15, -0.1) is 0 Å². The third-order valence-corrected chi connectivity index (χ3v) is 5.99. The number of likely N-dealkylation sites (N-methyl/N-ethyl adjacent to an activating group) is 1. The number of amides is 1. The van der Waals surface area contributed by atoms with Gasteiger partial charge >= 0.3 is 5.97 Å². The Kier molecular flexibility index (Phi) is 6.95. The summed E-state index contributed by atoms with van der Waals surface area (Å²) in [6, 6.07) is 6.82. The fourth-order valence-corrected chi connectivity index (χ4v) is 4.47. The van der Waals surface area contributed by atoms with E-state index < -0.39 is 5.97 Å². The smallest absolute Gasteiger partial charge is 0.305 e. The van der Waals surface area contributed by atoms with Gasteiger partial charge in [-0.2, -0.15) is 0 Å². The van der Waals surface area contributed by atoms with E-state index in [0.717, 1.165) is 26.1 Å². The molecular weight excluding hydrogens is 382 g/mol. The minimum absolute atomic E-state index is 0.0445. The Balaban J connectivity index is 0.000000377. The van der Waals surface area contributed by atoms with Crippen LogP contribution in [0.1, 0.15) is 31.4 Å². The molecule has 1 aromatic carbocycles. The molecule has 2 aromatic rings. The average molecular weight is 414 g/mol. The molecule has 1 aliphatic heterocycles. The van der Waals surface area contributed by atoms with Gasteiger partial charge in [0.15, 0.2) is 0 Å². The van der Waals surface area contributed by atoms with Crippen molar-refractivity contribution in [2.24, 2.45) is 5.92 Å². The van der Waals surface area contributed by atoms with Gasteiger partial charge in [0.2, 0.25) is 5.91 Å². The molecule has 0 saturated carbocycles. The maximum absolute atomic E-state index is 12.9. The van der Waals surface area contributed by atoms with E-state index in [2.05, 4.69) is 61.3 Å². The number of aromatic amines is 1. The summed E-state index contributed by atoms with van der Waals surface area (Å²) in [5.41, 5.74) is 5.21. The molecule has 0 bridgehead atoms. The molecule has 2 heterocycles. The van der Waals surface area contributed by atoms with Gasteiger partial charge in [0.05, 0.1) is 18.9 Å². The number of aliphatic hydroxyl groups excluding tert-OH is 1. The molecule has 2 aliphatic rings. The predicted molar refractivity (Wildman–Crippen MR) is 117 cm³/mol. The van der Waals surface area contributed by atoms with Gasteiger partial charge in [0, 0.05) is 42.8 Å². The number of carbonyl (C=O) groups is 2. The monoisotopic (exact) mass is 413 g/mol. The molecule has 2 atom stereocenters. The van der Waals surface area contributed by atoms with Crippen molar-refractivity contribution < 1.29 is 19.8 Å². The Morgan fingerprint density at radius 2 is 2.00 bits per heavy atom. The highest BCUT2D eigenvalue weighted by molar-refractivity contribution is 5.99. The topological polar surface area (TPSA) is 96.9 Å². The van der Waals surface area contributed by atoms with E-state index in [0.29, 0.717) is 6.04 Å². The van der Waals surface area contributed by atoms with Crippen LogP contribution in [0.5, 0.6) is 0 Å². The Labute approximate surface area is 177 Å². The molecule has 4 rings (SSSR count). The van der Waals surface area contributed by atoms with E-state index in [9.17, 15) is 9.59 Å². The number of H-pyrrole nitrogens is 1. The maximum Gasteiger partial charge on any atom is 0.305 e. The van der Waals surface area contributed by atoms with Crippen LogP contribution in [0.15, 0.2) is 30.5 Å². The molecule has 0 radical (unpaired) electrons. The average Bonchev–Trinajstić information content (AvgIpc) is 3.14. The van der Waals surface area contributed by atoms with Gasteiger partial charge in [-0.25, -0.2) is 0 Å². The second-order valence-corrected chi connectivity index (χ2v) is 7.81. The standard InChI is InChI=1S/C20H25N3O.C3H6O3/c1-4-23(5-2)20(24)14-9-16-15-7-6-8-17-19(15)13(11-21-17)10-18(16)22(3)12-14;4-2-1-3(5)6/h6-9,11,14,18,21H,4-5,10,12H2,1-3H3;4H,1-2H2,(H,5,6)/t14-,18-;/m1./s1. The molecule has 0 unspecified atom stereocenters. The number of rotatable bonds is 5. The van der Waals surface area contributed by atoms with E-state index in [1.54, 1.807) is 0 Å². The molecule has 1 amide bonds. The number of fused-ring (bicyclic) bond motifs is 2. The number of hydrogen-bond acceptors (Lipinski definition) is 4. The van der Waals surface area contributed by atoms with E-state index >= 15 is 0 Å². The summed E-state index contributed by atoms with van der Waals surface area (Å²) in [5.74, 6) is -0.751.